The molecule has 4 atom stereocenters. The van der Waals surface area contributed by atoms with Gasteiger partial charge in [0.05, 0.1) is 24.7 Å². The van der Waals surface area contributed by atoms with Crippen molar-refractivity contribution < 1.29 is 24.1 Å². The Hall–Kier alpha value is -1.60. The van der Waals surface area contributed by atoms with Crippen molar-refractivity contribution in [2.45, 2.75) is 36.4 Å². The smallest absolute Gasteiger partial charge is 0.231 e. The van der Waals surface area contributed by atoms with Gasteiger partial charge in [0.1, 0.15) is 0 Å². The van der Waals surface area contributed by atoms with Crippen LogP contribution in [0.3, 0.4) is 0 Å². The molecule has 0 bridgehead atoms. The van der Waals surface area contributed by atoms with E-state index in [1.807, 2.05) is 25.3 Å². The highest BCUT2D eigenvalue weighted by Gasteiger charge is 2.66. The molecule has 0 unspecified atom stereocenters. The number of hydrogen-bond donors (Lipinski definition) is 1. The number of rotatable bonds is 1. The molecule has 6 nitrogen and oxygen atoms in total. The lowest BCUT2D eigenvalue weighted by Gasteiger charge is -2.49. The molecule has 0 radical (unpaired) electrons. The molecule has 1 aromatic carbocycles. The molecule has 0 aromatic heterocycles. The minimum atomic E-state index is -1.25. The number of aliphatic hydroxyl groups is 1. The van der Waals surface area contributed by atoms with Crippen LogP contribution < -0.4 is 9.47 Å². The van der Waals surface area contributed by atoms with Crippen molar-refractivity contribution in [3.05, 3.63) is 35.4 Å². The van der Waals surface area contributed by atoms with E-state index in [0.717, 1.165) is 29.0 Å². The van der Waals surface area contributed by atoms with Crippen LogP contribution in [0.2, 0.25) is 0 Å². The van der Waals surface area contributed by atoms with Crippen molar-refractivity contribution in [1.82, 2.24) is 4.90 Å². The first-order valence-corrected chi connectivity index (χ1v) is 8.29. The van der Waals surface area contributed by atoms with Crippen LogP contribution in [-0.2, 0) is 21.5 Å². The van der Waals surface area contributed by atoms with Gasteiger partial charge in [-0.15, -0.1) is 0 Å². The van der Waals surface area contributed by atoms with Crippen molar-refractivity contribution in [2.24, 2.45) is 0 Å². The Bertz CT molecular complexity index is 734. The van der Waals surface area contributed by atoms with Crippen LogP contribution in [0.5, 0.6) is 11.5 Å². The Balaban J connectivity index is 1.74. The molecule has 128 valence electrons. The maximum absolute atomic E-state index is 11.4. The minimum Gasteiger partial charge on any atom is -0.454 e. The number of methoxy groups -OCH3 is 1. The second-order valence-corrected chi connectivity index (χ2v) is 7.10. The summed E-state index contributed by atoms with van der Waals surface area (Å²) in [7, 11) is 3.75. The van der Waals surface area contributed by atoms with Gasteiger partial charge >= 0.3 is 0 Å². The lowest BCUT2D eigenvalue weighted by atomic mass is 9.64. The quantitative estimate of drug-likeness (QED) is 0.780. The van der Waals surface area contributed by atoms with E-state index in [0.29, 0.717) is 13.2 Å². The SMILES string of the molecule is CO[C@@H]1C=C[C@]23c4cc5c(cc4CO[C@@]2(O)CN(C)[C@H]3C1)OCO5. The van der Waals surface area contributed by atoms with E-state index < -0.39 is 11.2 Å². The van der Waals surface area contributed by atoms with Gasteiger partial charge in [0, 0.05) is 13.2 Å². The van der Waals surface area contributed by atoms with Crippen molar-refractivity contribution in [3.63, 3.8) is 0 Å². The summed E-state index contributed by atoms with van der Waals surface area (Å²) in [5, 5.41) is 11.4. The highest BCUT2D eigenvalue weighted by molar-refractivity contribution is 5.56. The molecule has 5 rings (SSSR count). The summed E-state index contributed by atoms with van der Waals surface area (Å²) in [4.78, 5) is 2.18. The largest absolute Gasteiger partial charge is 0.454 e. The number of fused-ring (bicyclic) bond motifs is 2. The summed E-state index contributed by atoms with van der Waals surface area (Å²) in [6.07, 6.45) is 4.98. The number of β-amino-alcohol motifs (C(OH)–C–C–N with tert-alkyl or cyclic N) is 1. The van der Waals surface area contributed by atoms with E-state index in [4.69, 9.17) is 18.9 Å². The zero-order valence-corrected chi connectivity index (χ0v) is 13.8. The summed E-state index contributed by atoms with van der Waals surface area (Å²) in [5.41, 5.74) is 1.50. The molecule has 24 heavy (non-hydrogen) atoms. The number of nitrogens with zero attached hydrogens (tertiary/aromatic N) is 1. The van der Waals surface area contributed by atoms with Gasteiger partial charge in [-0.3, -0.25) is 4.90 Å². The lowest BCUT2D eigenvalue weighted by molar-refractivity contribution is -0.236. The van der Waals surface area contributed by atoms with Gasteiger partial charge in [0.2, 0.25) is 6.79 Å². The third-order valence-corrected chi connectivity index (χ3v) is 6.01. The van der Waals surface area contributed by atoms with Gasteiger partial charge in [0.25, 0.3) is 0 Å². The Kier molecular flexibility index (Phi) is 2.90. The number of likely N-dealkylation sites (tertiary alicyclic amines) is 1. The molecule has 1 N–H and O–H groups in total. The predicted molar refractivity (Wildman–Crippen MR) is 85.0 cm³/mol. The Morgan fingerprint density at radius 1 is 1.29 bits per heavy atom. The molecular formula is C18H21NO5. The summed E-state index contributed by atoms with van der Waals surface area (Å²) in [6, 6.07) is 4.10. The average molecular weight is 331 g/mol. The molecule has 1 saturated heterocycles. The summed E-state index contributed by atoms with van der Waals surface area (Å²) in [6.45, 7) is 1.07. The van der Waals surface area contributed by atoms with Gasteiger partial charge < -0.3 is 24.1 Å². The third-order valence-electron chi connectivity index (χ3n) is 6.01. The van der Waals surface area contributed by atoms with Crippen LogP contribution in [-0.4, -0.2) is 55.4 Å². The van der Waals surface area contributed by atoms with Crippen LogP contribution in [0, 0.1) is 0 Å². The zero-order valence-electron chi connectivity index (χ0n) is 13.8. The van der Waals surface area contributed by atoms with Crippen LogP contribution in [0.25, 0.3) is 0 Å². The second kappa shape index (κ2) is 4.73. The maximum atomic E-state index is 11.4. The van der Waals surface area contributed by atoms with Gasteiger partial charge in [-0.1, -0.05) is 12.2 Å². The fourth-order valence-corrected chi connectivity index (χ4v) is 4.86. The van der Waals surface area contributed by atoms with E-state index in [1.165, 1.54) is 0 Å². The molecule has 1 spiro atoms. The topological polar surface area (TPSA) is 60.4 Å². The van der Waals surface area contributed by atoms with Crippen LogP contribution >= 0.6 is 0 Å². The summed E-state index contributed by atoms with van der Waals surface area (Å²) < 4.78 is 22.6. The molecule has 1 aromatic rings. The monoisotopic (exact) mass is 331 g/mol. The average Bonchev–Trinajstić information content (AvgIpc) is 3.13. The zero-order chi connectivity index (χ0) is 16.5. The van der Waals surface area contributed by atoms with E-state index in [1.54, 1.807) is 7.11 Å². The van der Waals surface area contributed by atoms with Crippen molar-refractivity contribution in [1.29, 1.82) is 0 Å². The Labute approximate surface area is 140 Å². The van der Waals surface area contributed by atoms with Crippen molar-refractivity contribution >= 4 is 0 Å². The molecule has 1 aliphatic carbocycles. The molecule has 6 heteroatoms. The number of benzene rings is 1. The predicted octanol–water partition coefficient (Wildman–Crippen LogP) is 1.16. The second-order valence-electron chi connectivity index (χ2n) is 7.10. The molecule has 3 aliphatic heterocycles. The third kappa shape index (κ3) is 1.64. The highest BCUT2D eigenvalue weighted by Crippen LogP contribution is 2.56. The van der Waals surface area contributed by atoms with Gasteiger partial charge in [-0.05, 0) is 36.7 Å². The molecule has 1 fully saturated rings. The van der Waals surface area contributed by atoms with Crippen LogP contribution in [0.15, 0.2) is 24.3 Å². The first kappa shape index (κ1) is 14.7. The molecule has 3 heterocycles. The molecule has 0 amide bonds. The summed E-state index contributed by atoms with van der Waals surface area (Å²) >= 11 is 0. The fraction of sp³-hybridized carbons (Fsp3) is 0.556. The fourth-order valence-electron chi connectivity index (χ4n) is 4.86. The van der Waals surface area contributed by atoms with E-state index >= 15 is 0 Å². The first-order valence-electron chi connectivity index (χ1n) is 8.29. The van der Waals surface area contributed by atoms with Crippen LogP contribution in [0.4, 0.5) is 0 Å². The van der Waals surface area contributed by atoms with E-state index in [-0.39, 0.29) is 18.9 Å². The number of ether oxygens (including phenoxy) is 4. The standard InChI is InChI=1S/C18H21NO5/c1-19-9-18(20)17(4-3-12(21-2)6-16(17)19)13-7-15-14(22-10-23-15)5-11(13)8-24-18/h3-5,7,12,16,20H,6,8-10H2,1-2H3/t12-,16+,17-,18+/m1/s1. The van der Waals surface area contributed by atoms with Gasteiger partial charge in [-0.25, -0.2) is 0 Å². The minimum absolute atomic E-state index is 0.0461. The number of hydrogen-bond acceptors (Lipinski definition) is 6. The highest BCUT2D eigenvalue weighted by atomic mass is 16.7. The Morgan fingerprint density at radius 2 is 2.08 bits per heavy atom. The summed E-state index contributed by atoms with van der Waals surface area (Å²) in [5.74, 6) is 0.238. The van der Waals surface area contributed by atoms with Crippen LogP contribution in [0.1, 0.15) is 17.5 Å². The molecular weight excluding hydrogens is 310 g/mol. The first-order chi connectivity index (χ1) is 11.6. The lowest BCUT2D eigenvalue weighted by Crippen LogP contribution is -2.59. The van der Waals surface area contributed by atoms with Crippen molar-refractivity contribution in [2.75, 3.05) is 27.5 Å². The molecule has 0 saturated carbocycles. The van der Waals surface area contributed by atoms with E-state index in [9.17, 15) is 5.11 Å². The van der Waals surface area contributed by atoms with Gasteiger partial charge in [0.15, 0.2) is 17.3 Å². The molecule has 4 aliphatic rings. The normalized spacial score (nSPS) is 39.5. The van der Waals surface area contributed by atoms with E-state index in [2.05, 4.69) is 11.0 Å². The maximum Gasteiger partial charge on any atom is 0.231 e. The van der Waals surface area contributed by atoms with Gasteiger partial charge in [-0.2, -0.15) is 0 Å². The van der Waals surface area contributed by atoms with Crippen molar-refractivity contribution in [3.8, 4) is 11.5 Å². The Morgan fingerprint density at radius 3 is 2.88 bits per heavy atom. The number of likely N-dealkylation sites (N-methyl/N-ethyl adjacent to an activating group) is 1.